The predicted octanol–water partition coefficient (Wildman–Crippen LogP) is 2.31. The Balaban J connectivity index is 1.16. The molecule has 14 atom stereocenters. The lowest BCUT2D eigenvalue weighted by Crippen LogP contribution is -2.60. The number of hydrogen-bond donors (Lipinski definition) is 4. The Kier molecular flexibility index (Phi) is 6.57. The van der Waals surface area contributed by atoms with Gasteiger partial charge in [0, 0.05) is 6.08 Å². The van der Waals surface area contributed by atoms with E-state index < -0.39 is 30.7 Å². The molecule has 6 rings (SSSR count). The van der Waals surface area contributed by atoms with Crippen molar-refractivity contribution >= 4 is 5.97 Å². The molecular weight excluding hydrogens is 476 g/mol. The Labute approximate surface area is 219 Å². The van der Waals surface area contributed by atoms with Crippen LogP contribution in [0, 0.1) is 40.4 Å². The molecule has 4 aliphatic carbocycles. The van der Waals surface area contributed by atoms with E-state index in [0.717, 1.165) is 56.9 Å². The average Bonchev–Trinajstić information content (AvgIpc) is 3.43. The van der Waals surface area contributed by atoms with E-state index in [4.69, 9.17) is 14.2 Å². The van der Waals surface area contributed by atoms with Crippen LogP contribution >= 0.6 is 0 Å². The van der Waals surface area contributed by atoms with Gasteiger partial charge in [-0.25, -0.2) is 4.79 Å². The fourth-order valence-electron chi connectivity index (χ4n) is 9.98. The van der Waals surface area contributed by atoms with E-state index in [-0.39, 0.29) is 34.9 Å². The topological polar surface area (TPSA) is 126 Å². The highest BCUT2D eigenvalue weighted by Gasteiger charge is 2.63. The van der Waals surface area contributed by atoms with Crippen molar-refractivity contribution in [3.63, 3.8) is 0 Å². The van der Waals surface area contributed by atoms with Gasteiger partial charge in [0.25, 0.3) is 0 Å². The molecule has 2 heterocycles. The number of aliphatic hydroxyl groups excluding tert-OH is 4. The number of ether oxygens (including phenoxy) is 3. The Morgan fingerprint density at radius 2 is 1.76 bits per heavy atom. The predicted molar refractivity (Wildman–Crippen MR) is 133 cm³/mol. The zero-order valence-electron chi connectivity index (χ0n) is 22.3. The molecule has 0 radical (unpaired) electrons. The normalized spacial score (nSPS) is 55.6. The molecule has 0 aromatic rings. The summed E-state index contributed by atoms with van der Waals surface area (Å²) in [6.45, 7) is 6.81. The molecule has 8 heteroatoms. The van der Waals surface area contributed by atoms with Crippen LogP contribution in [0.2, 0.25) is 0 Å². The molecule has 4 saturated carbocycles. The van der Waals surface area contributed by atoms with Crippen LogP contribution in [0.3, 0.4) is 0 Å². The highest BCUT2D eigenvalue weighted by molar-refractivity contribution is 5.85. The van der Waals surface area contributed by atoms with Crippen LogP contribution in [0.5, 0.6) is 0 Å². The number of esters is 1. The minimum Gasteiger partial charge on any atom is -0.458 e. The smallest absolute Gasteiger partial charge is 0.331 e. The average molecular weight is 521 g/mol. The van der Waals surface area contributed by atoms with Crippen molar-refractivity contribution in [2.24, 2.45) is 40.4 Å². The van der Waals surface area contributed by atoms with Gasteiger partial charge in [-0.15, -0.1) is 0 Å². The summed E-state index contributed by atoms with van der Waals surface area (Å²) >= 11 is 0. The lowest BCUT2D eigenvalue weighted by Gasteiger charge is -2.62. The molecule has 4 N–H and O–H groups in total. The SMILES string of the molecule is C[C@@H]1O[C@H](O[C@@H]2CC[C@@]3(C)[C@H](CC[C@@H]4[C@@H]3[C@H](O)C[C@@]3(C)[C@@H]4CC[C@H]3C3=CC(=O)OC3)C2)[C@H](O)[C@H](O)[C@H]1O. The van der Waals surface area contributed by atoms with Crippen molar-refractivity contribution in [3.8, 4) is 0 Å². The molecule has 6 aliphatic rings. The first-order chi connectivity index (χ1) is 17.5. The van der Waals surface area contributed by atoms with Crippen LogP contribution in [0.4, 0.5) is 0 Å². The van der Waals surface area contributed by atoms with E-state index in [0.29, 0.717) is 30.3 Å². The third-order valence-electron chi connectivity index (χ3n) is 11.8. The van der Waals surface area contributed by atoms with Crippen molar-refractivity contribution in [1.29, 1.82) is 0 Å². The number of hydrogen-bond acceptors (Lipinski definition) is 8. The summed E-state index contributed by atoms with van der Waals surface area (Å²) in [5.41, 5.74) is 1.15. The zero-order chi connectivity index (χ0) is 26.3. The van der Waals surface area contributed by atoms with Gasteiger partial charge in [0.2, 0.25) is 0 Å². The minimum absolute atomic E-state index is 0.000456. The maximum atomic E-state index is 11.8. The Morgan fingerprint density at radius 3 is 2.49 bits per heavy atom. The van der Waals surface area contributed by atoms with Gasteiger partial charge < -0.3 is 34.6 Å². The Hall–Kier alpha value is -1.03. The fraction of sp³-hybridized carbons (Fsp3) is 0.897. The van der Waals surface area contributed by atoms with Gasteiger partial charge in [-0.05, 0) is 104 Å². The van der Waals surface area contributed by atoms with Crippen molar-refractivity contribution < 1.29 is 39.4 Å². The molecule has 5 fully saturated rings. The van der Waals surface area contributed by atoms with Crippen LogP contribution < -0.4 is 0 Å². The van der Waals surface area contributed by atoms with Gasteiger partial charge >= 0.3 is 5.97 Å². The second kappa shape index (κ2) is 9.27. The maximum absolute atomic E-state index is 11.8. The maximum Gasteiger partial charge on any atom is 0.331 e. The number of rotatable bonds is 3. The van der Waals surface area contributed by atoms with Crippen LogP contribution in [0.1, 0.15) is 72.1 Å². The van der Waals surface area contributed by atoms with Crippen molar-refractivity contribution in [3.05, 3.63) is 11.6 Å². The van der Waals surface area contributed by atoms with Crippen LogP contribution in [-0.2, 0) is 19.0 Å². The summed E-state index contributed by atoms with van der Waals surface area (Å²) in [6, 6.07) is 0. The van der Waals surface area contributed by atoms with E-state index in [2.05, 4.69) is 13.8 Å². The van der Waals surface area contributed by atoms with Gasteiger partial charge in [0.15, 0.2) is 6.29 Å². The minimum atomic E-state index is -1.29. The number of carbonyl (C=O) groups is 1. The fourth-order valence-corrected chi connectivity index (χ4v) is 9.98. The monoisotopic (exact) mass is 520 g/mol. The summed E-state index contributed by atoms with van der Waals surface area (Å²) in [7, 11) is 0. The third kappa shape index (κ3) is 4.04. The largest absolute Gasteiger partial charge is 0.458 e. The molecule has 2 aliphatic heterocycles. The van der Waals surface area contributed by atoms with Crippen LogP contribution in [-0.4, -0.2) is 75.9 Å². The third-order valence-corrected chi connectivity index (χ3v) is 11.8. The van der Waals surface area contributed by atoms with Gasteiger partial charge in [-0.2, -0.15) is 0 Å². The zero-order valence-corrected chi connectivity index (χ0v) is 22.3. The Bertz CT molecular complexity index is 937. The van der Waals surface area contributed by atoms with Crippen molar-refractivity contribution in [2.45, 2.75) is 115 Å². The first kappa shape index (κ1) is 26.2. The molecule has 0 unspecified atom stereocenters. The summed E-state index contributed by atoms with van der Waals surface area (Å²) in [5, 5.41) is 42.3. The molecular formula is C29H44O8. The molecule has 0 spiro atoms. The van der Waals surface area contributed by atoms with E-state index in [1.807, 2.05) is 0 Å². The van der Waals surface area contributed by atoms with Gasteiger partial charge in [-0.1, -0.05) is 13.8 Å². The number of cyclic esters (lactones) is 1. The summed E-state index contributed by atoms with van der Waals surface area (Å²) in [5.74, 6) is 1.79. The molecule has 8 nitrogen and oxygen atoms in total. The molecule has 0 amide bonds. The second-order valence-corrected chi connectivity index (χ2v) is 13.5. The van der Waals surface area contributed by atoms with Gasteiger partial charge in [-0.3, -0.25) is 0 Å². The van der Waals surface area contributed by atoms with Crippen LogP contribution in [0.15, 0.2) is 11.6 Å². The number of fused-ring (bicyclic) bond motifs is 5. The number of aliphatic hydroxyl groups is 4. The second-order valence-electron chi connectivity index (χ2n) is 13.5. The van der Waals surface area contributed by atoms with E-state index in [1.54, 1.807) is 13.0 Å². The van der Waals surface area contributed by atoms with Gasteiger partial charge in [0.1, 0.15) is 24.9 Å². The van der Waals surface area contributed by atoms with E-state index in [9.17, 15) is 25.2 Å². The quantitative estimate of drug-likeness (QED) is 0.330. The van der Waals surface area contributed by atoms with Crippen molar-refractivity contribution in [1.82, 2.24) is 0 Å². The molecule has 208 valence electrons. The lowest BCUT2D eigenvalue weighted by atomic mass is 9.43. The summed E-state index contributed by atoms with van der Waals surface area (Å²) in [6.07, 6.45) is 3.79. The molecule has 37 heavy (non-hydrogen) atoms. The van der Waals surface area contributed by atoms with E-state index >= 15 is 0 Å². The summed E-state index contributed by atoms with van der Waals surface area (Å²) in [4.78, 5) is 11.8. The van der Waals surface area contributed by atoms with E-state index in [1.165, 1.54) is 0 Å². The Morgan fingerprint density at radius 1 is 0.973 bits per heavy atom. The molecule has 0 aromatic carbocycles. The highest BCUT2D eigenvalue weighted by Crippen LogP contribution is 2.68. The van der Waals surface area contributed by atoms with Crippen molar-refractivity contribution in [2.75, 3.05) is 6.61 Å². The van der Waals surface area contributed by atoms with Crippen LogP contribution in [0.25, 0.3) is 0 Å². The standard InChI is InChI=1S/C29H44O8/c1-14-24(32)25(33)26(34)27(36-14)37-17-8-9-28(2)16(11-17)4-5-18-20-7-6-19(15-10-22(31)35-13-15)29(20,3)12-21(30)23(18)28/h10,14,16-21,23-27,30,32-34H,4-9,11-13H2,1-3H3/t14-,16+,17+,18-,19-,20+,21+,23+,24-,25+,26+,27+,28-,29+/m0/s1. The molecule has 0 aromatic heterocycles. The lowest BCUT2D eigenvalue weighted by molar-refractivity contribution is -0.310. The highest BCUT2D eigenvalue weighted by atomic mass is 16.7. The number of carbonyl (C=O) groups excluding carboxylic acids is 1. The molecule has 1 saturated heterocycles. The molecule has 0 bridgehead atoms. The first-order valence-corrected chi connectivity index (χ1v) is 14.4. The van der Waals surface area contributed by atoms with Gasteiger partial charge in [0.05, 0.1) is 18.3 Å². The summed E-state index contributed by atoms with van der Waals surface area (Å²) < 4.78 is 17.2. The first-order valence-electron chi connectivity index (χ1n) is 14.4.